The van der Waals surface area contributed by atoms with Crippen LogP contribution in [0.25, 0.3) is 0 Å². The van der Waals surface area contributed by atoms with Gasteiger partial charge in [0.25, 0.3) is 0 Å². The summed E-state index contributed by atoms with van der Waals surface area (Å²) >= 11 is 1.64. The molecule has 3 nitrogen and oxygen atoms in total. The van der Waals surface area contributed by atoms with Crippen molar-refractivity contribution in [3.63, 3.8) is 0 Å². The van der Waals surface area contributed by atoms with Crippen LogP contribution in [0.2, 0.25) is 0 Å². The molecule has 0 bridgehead atoms. The van der Waals surface area contributed by atoms with Gasteiger partial charge in [-0.15, -0.1) is 11.3 Å². The SMILES string of the molecule is Cc1nc(C)c(C(C)Nc2ccc(F)c(C#N)c2)s1. The van der Waals surface area contributed by atoms with Crippen LogP contribution >= 0.6 is 11.3 Å². The lowest BCUT2D eigenvalue weighted by Crippen LogP contribution is -2.06. The van der Waals surface area contributed by atoms with Gasteiger partial charge in [0.1, 0.15) is 11.9 Å². The number of rotatable bonds is 3. The molecule has 0 spiro atoms. The standard InChI is InChI=1S/C14H14FN3S/c1-8-14(19-10(3)17-8)9(2)18-12-4-5-13(15)11(6-12)7-16/h4-6,9,18H,1-3H3. The maximum absolute atomic E-state index is 13.2. The maximum atomic E-state index is 13.2. The van der Waals surface area contributed by atoms with Gasteiger partial charge in [-0.05, 0) is 39.0 Å². The highest BCUT2D eigenvalue weighted by molar-refractivity contribution is 7.11. The quantitative estimate of drug-likeness (QED) is 0.922. The van der Waals surface area contributed by atoms with E-state index in [2.05, 4.69) is 10.3 Å². The normalized spacial score (nSPS) is 11.9. The molecule has 0 fully saturated rings. The van der Waals surface area contributed by atoms with Crippen LogP contribution < -0.4 is 5.32 Å². The van der Waals surface area contributed by atoms with E-state index < -0.39 is 5.82 Å². The molecule has 1 unspecified atom stereocenters. The second-order valence-corrected chi connectivity index (χ2v) is 5.59. The van der Waals surface area contributed by atoms with Crippen LogP contribution in [0.1, 0.15) is 34.1 Å². The molecular weight excluding hydrogens is 261 g/mol. The van der Waals surface area contributed by atoms with Crippen LogP contribution in [-0.2, 0) is 0 Å². The highest BCUT2D eigenvalue weighted by Crippen LogP contribution is 2.28. The van der Waals surface area contributed by atoms with Crippen molar-refractivity contribution in [3.8, 4) is 6.07 Å². The van der Waals surface area contributed by atoms with Crippen molar-refractivity contribution in [2.45, 2.75) is 26.8 Å². The van der Waals surface area contributed by atoms with Crippen LogP contribution in [0.5, 0.6) is 0 Å². The first kappa shape index (κ1) is 13.5. The number of thiazole rings is 1. The zero-order valence-corrected chi connectivity index (χ0v) is 11.8. The van der Waals surface area contributed by atoms with Crippen LogP contribution in [0.3, 0.4) is 0 Å². The monoisotopic (exact) mass is 275 g/mol. The summed E-state index contributed by atoms with van der Waals surface area (Å²) in [4.78, 5) is 5.54. The van der Waals surface area contributed by atoms with Gasteiger partial charge in [-0.2, -0.15) is 5.26 Å². The topological polar surface area (TPSA) is 48.7 Å². The largest absolute Gasteiger partial charge is 0.378 e. The number of benzene rings is 1. The second-order valence-electron chi connectivity index (χ2n) is 4.35. The first-order valence-electron chi connectivity index (χ1n) is 5.91. The molecule has 98 valence electrons. The Morgan fingerprint density at radius 3 is 2.74 bits per heavy atom. The summed E-state index contributed by atoms with van der Waals surface area (Å²) in [5.74, 6) is -0.495. The average molecular weight is 275 g/mol. The van der Waals surface area contributed by atoms with Crippen molar-refractivity contribution in [3.05, 3.63) is 45.2 Å². The maximum Gasteiger partial charge on any atom is 0.141 e. The summed E-state index contributed by atoms with van der Waals surface area (Å²) in [6.07, 6.45) is 0. The number of halogens is 1. The molecule has 1 heterocycles. The van der Waals surface area contributed by atoms with E-state index in [0.717, 1.165) is 21.3 Å². The molecule has 1 atom stereocenters. The molecule has 0 aliphatic carbocycles. The Balaban J connectivity index is 2.22. The van der Waals surface area contributed by atoms with Crippen LogP contribution in [0.4, 0.5) is 10.1 Å². The average Bonchev–Trinajstić information content (AvgIpc) is 2.71. The van der Waals surface area contributed by atoms with Gasteiger partial charge >= 0.3 is 0 Å². The Morgan fingerprint density at radius 1 is 1.42 bits per heavy atom. The summed E-state index contributed by atoms with van der Waals surface area (Å²) in [5.41, 5.74) is 1.79. The first-order chi connectivity index (χ1) is 9.01. The van der Waals surface area contributed by atoms with Gasteiger partial charge < -0.3 is 5.32 Å². The lowest BCUT2D eigenvalue weighted by Gasteiger charge is -2.14. The van der Waals surface area contributed by atoms with Crippen LogP contribution in [0, 0.1) is 31.0 Å². The Morgan fingerprint density at radius 2 is 2.16 bits per heavy atom. The molecule has 1 N–H and O–H groups in total. The highest BCUT2D eigenvalue weighted by atomic mass is 32.1. The van der Waals surface area contributed by atoms with E-state index in [1.807, 2.05) is 26.8 Å². The lowest BCUT2D eigenvalue weighted by atomic mass is 10.1. The van der Waals surface area contributed by atoms with Crippen LogP contribution in [0.15, 0.2) is 18.2 Å². The third-order valence-electron chi connectivity index (χ3n) is 2.80. The zero-order valence-electron chi connectivity index (χ0n) is 11.0. The van der Waals surface area contributed by atoms with Gasteiger partial charge in [0.2, 0.25) is 0 Å². The Labute approximate surface area is 115 Å². The number of nitrogens with one attached hydrogen (secondary N) is 1. The van der Waals surface area contributed by atoms with E-state index in [-0.39, 0.29) is 11.6 Å². The third kappa shape index (κ3) is 2.91. The third-order valence-corrected chi connectivity index (χ3v) is 4.06. The fourth-order valence-electron chi connectivity index (χ4n) is 1.97. The molecule has 1 aromatic carbocycles. The molecule has 19 heavy (non-hydrogen) atoms. The fourth-order valence-corrected chi connectivity index (χ4v) is 2.89. The second kappa shape index (κ2) is 5.37. The molecule has 0 radical (unpaired) electrons. The molecule has 0 saturated heterocycles. The molecule has 5 heteroatoms. The van der Waals surface area contributed by atoms with Gasteiger partial charge in [-0.1, -0.05) is 0 Å². The van der Waals surface area contributed by atoms with Crippen molar-refractivity contribution >= 4 is 17.0 Å². The summed E-state index contributed by atoms with van der Waals surface area (Å²) in [7, 11) is 0. The fraction of sp³-hybridized carbons (Fsp3) is 0.286. The van der Waals surface area contributed by atoms with Crippen molar-refractivity contribution in [2.24, 2.45) is 0 Å². The van der Waals surface area contributed by atoms with E-state index in [0.29, 0.717) is 0 Å². The van der Waals surface area contributed by atoms with Gasteiger partial charge in [0, 0.05) is 10.6 Å². The summed E-state index contributed by atoms with van der Waals surface area (Å²) < 4.78 is 13.2. The van der Waals surface area contributed by atoms with Gasteiger partial charge in [-0.3, -0.25) is 0 Å². The molecule has 0 amide bonds. The Kier molecular flexibility index (Phi) is 3.82. The highest BCUT2D eigenvalue weighted by Gasteiger charge is 2.13. The molecule has 1 aromatic heterocycles. The van der Waals surface area contributed by atoms with Crippen molar-refractivity contribution < 1.29 is 4.39 Å². The van der Waals surface area contributed by atoms with Crippen LogP contribution in [-0.4, -0.2) is 4.98 Å². The lowest BCUT2D eigenvalue weighted by molar-refractivity contribution is 0.624. The minimum absolute atomic E-state index is 0.0504. The Bertz CT molecular complexity index is 643. The van der Waals surface area contributed by atoms with Gasteiger partial charge in [0.05, 0.1) is 22.3 Å². The van der Waals surface area contributed by atoms with E-state index in [9.17, 15) is 4.39 Å². The van der Waals surface area contributed by atoms with E-state index in [1.165, 1.54) is 12.1 Å². The number of nitrogens with zero attached hydrogens (tertiary/aromatic N) is 2. The number of nitriles is 1. The minimum atomic E-state index is -0.495. The predicted octanol–water partition coefficient (Wildman–Crippen LogP) is 3.94. The number of hydrogen-bond donors (Lipinski definition) is 1. The van der Waals surface area contributed by atoms with Gasteiger partial charge in [0.15, 0.2) is 0 Å². The van der Waals surface area contributed by atoms with Gasteiger partial charge in [-0.25, -0.2) is 9.37 Å². The van der Waals surface area contributed by atoms with Crippen molar-refractivity contribution in [2.75, 3.05) is 5.32 Å². The van der Waals surface area contributed by atoms with E-state index in [4.69, 9.17) is 5.26 Å². The molecule has 0 aliphatic heterocycles. The number of aromatic nitrogens is 1. The summed E-state index contributed by atoms with van der Waals surface area (Å²) in [6, 6.07) is 6.37. The van der Waals surface area contributed by atoms with E-state index >= 15 is 0 Å². The summed E-state index contributed by atoms with van der Waals surface area (Å²) in [5, 5.41) is 13.1. The van der Waals surface area contributed by atoms with Crippen molar-refractivity contribution in [1.29, 1.82) is 5.26 Å². The smallest absolute Gasteiger partial charge is 0.141 e. The summed E-state index contributed by atoms with van der Waals surface area (Å²) in [6.45, 7) is 5.97. The molecule has 0 saturated carbocycles. The molecule has 0 aliphatic rings. The number of hydrogen-bond acceptors (Lipinski definition) is 4. The molecular formula is C14H14FN3S. The van der Waals surface area contributed by atoms with E-state index in [1.54, 1.807) is 17.4 Å². The molecule has 2 rings (SSSR count). The zero-order chi connectivity index (χ0) is 14.0. The first-order valence-corrected chi connectivity index (χ1v) is 6.73. The molecule has 2 aromatic rings. The number of aryl methyl sites for hydroxylation is 2. The number of anilines is 1. The van der Waals surface area contributed by atoms with Crippen molar-refractivity contribution in [1.82, 2.24) is 4.98 Å². The predicted molar refractivity (Wildman–Crippen MR) is 74.7 cm³/mol. The minimum Gasteiger partial charge on any atom is -0.378 e. The Hall–Kier alpha value is -1.93.